The number of carbonyl (C=O) groups is 4. The monoisotopic (exact) mass is 1370 g/mol. The molecular weight excluding hydrogens is 1220 g/mol. The van der Waals surface area contributed by atoms with Crippen LogP contribution in [-0.4, -0.2) is 96.7 Å². The van der Waals surface area contributed by atoms with Crippen LogP contribution in [0.3, 0.4) is 0 Å². The van der Waals surface area contributed by atoms with Crippen molar-refractivity contribution in [1.82, 2.24) is 0 Å². The number of aliphatic hydroxyl groups is 1. The summed E-state index contributed by atoms with van der Waals surface area (Å²) in [6, 6.07) is 0. The third kappa shape index (κ3) is 68.4. The molecule has 19 heteroatoms. The largest absolute Gasteiger partial charge is 0.472 e. The maximum absolute atomic E-state index is 13.1. The van der Waals surface area contributed by atoms with Gasteiger partial charge >= 0.3 is 39.5 Å². The van der Waals surface area contributed by atoms with Gasteiger partial charge in [-0.25, -0.2) is 9.13 Å². The highest BCUT2D eigenvalue weighted by molar-refractivity contribution is 7.47. The molecule has 0 fully saturated rings. The summed E-state index contributed by atoms with van der Waals surface area (Å²) in [5.74, 6) is -1.44. The van der Waals surface area contributed by atoms with Gasteiger partial charge in [0.1, 0.15) is 19.3 Å². The molecule has 2 unspecified atom stereocenters. The van der Waals surface area contributed by atoms with E-state index in [4.69, 9.17) is 37.0 Å². The predicted octanol–water partition coefficient (Wildman–Crippen LogP) is 21.7. The lowest BCUT2D eigenvalue weighted by molar-refractivity contribution is -0.161. The predicted molar refractivity (Wildman–Crippen MR) is 377 cm³/mol. The topological polar surface area (TPSA) is 237 Å². The SMILES string of the molecule is CCCCCCCCCCCCCCCCCCCCC(=O)O[C@H](COC(=O)CCCCCCCCCCCCCCCCCC)COP(=O)(O)OC[C@@H](O)COP(=O)(O)OC[C@@H](COC(=O)CCCCCCCCC(C)C)OC(=O)CCCCCCCCCCCC. The number of carbonyl (C=O) groups excluding carboxylic acids is 4. The molecule has 0 saturated heterocycles. The molecule has 552 valence electrons. The van der Waals surface area contributed by atoms with Crippen molar-refractivity contribution < 1.29 is 80.2 Å². The van der Waals surface area contributed by atoms with Crippen LogP contribution in [0, 0.1) is 5.92 Å². The molecule has 0 amide bonds. The third-order valence-electron chi connectivity index (χ3n) is 17.3. The van der Waals surface area contributed by atoms with E-state index in [-0.39, 0.29) is 25.7 Å². The average molecular weight is 1370 g/mol. The first-order valence-corrected chi connectivity index (χ1v) is 41.6. The fourth-order valence-electron chi connectivity index (χ4n) is 11.4. The number of phosphoric ester groups is 2. The Labute approximate surface area is 568 Å². The summed E-state index contributed by atoms with van der Waals surface area (Å²) < 4.78 is 68.4. The van der Waals surface area contributed by atoms with Gasteiger partial charge in [-0.2, -0.15) is 0 Å². The van der Waals surface area contributed by atoms with E-state index < -0.39 is 97.5 Å². The van der Waals surface area contributed by atoms with E-state index >= 15 is 0 Å². The van der Waals surface area contributed by atoms with E-state index in [2.05, 4.69) is 34.6 Å². The highest BCUT2D eigenvalue weighted by Gasteiger charge is 2.30. The second-order valence-corrected chi connectivity index (χ2v) is 30.1. The van der Waals surface area contributed by atoms with Gasteiger partial charge in [0.05, 0.1) is 26.4 Å². The Morgan fingerprint density at radius 2 is 0.495 bits per heavy atom. The minimum Gasteiger partial charge on any atom is -0.462 e. The molecule has 0 rings (SSSR count). The zero-order valence-corrected chi connectivity index (χ0v) is 62.2. The normalized spacial score (nSPS) is 14.0. The minimum absolute atomic E-state index is 0.106. The highest BCUT2D eigenvalue weighted by Crippen LogP contribution is 2.45. The van der Waals surface area contributed by atoms with Crippen molar-refractivity contribution in [1.29, 1.82) is 0 Å². The number of hydrogen-bond acceptors (Lipinski definition) is 15. The number of unbranched alkanes of at least 4 members (excludes halogenated alkanes) is 46. The van der Waals surface area contributed by atoms with Crippen molar-refractivity contribution in [2.45, 2.75) is 406 Å². The van der Waals surface area contributed by atoms with Crippen LogP contribution < -0.4 is 0 Å². The molecule has 0 saturated carbocycles. The summed E-state index contributed by atoms with van der Waals surface area (Å²) in [6.45, 7) is 7.19. The van der Waals surface area contributed by atoms with Gasteiger partial charge in [-0.05, 0) is 31.6 Å². The summed E-state index contributed by atoms with van der Waals surface area (Å²) in [6.07, 6.45) is 55.7. The number of aliphatic hydroxyl groups excluding tert-OH is 1. The van der Waals surface area contributed by atoms with E-state index in [1.54, 1.807) is 0 Å². The second kappa shape index (κ2) is 67.3. The zero-order valence-electron chi connectivity index (χ0n) is 60.4. The molecule has 5 atom stereocenters. The minimum atomic E-state index is -4.95. The fourth-order valence-corrected chi connectivity index (χ4v) is 12.9. The number of ether oxygens (including phenoxy) is 4. The van der Waals surface area contributed by atoms with Crippen LogP contribution in [0.25, 0.3) is 0 Å². The number of hydrogen-bond donors (Lipinski definition) is 3. The Balaban J connectivity index is 5.21. The van der Waals surface area contributed by atoms with E-state index in [1.165, 1.54) is 205 Å². The molecule has 17 nitrogen and oxygen atoms in total. The number of phosphoric acid groups is 2. The lowest BCUT2D eigenvalue weighted by Gasteiger charge is -2.21. The second-order valence-electron chi connectivity index (χ2n) is 27.2. The Morgan fingerprint density at radius 1 is 0.290 bits per heavy atom. The van der Waals surface area contributed by atoms with Crippen molar-refractivity contribution in [3.8, 4) is 0 Å². The molecule has 0 bridgehead atoms. The average Bonchev–Trinajstić information content (AvgIpc) is 3.71. The van der Waals surface area contributed by atoms with Gasteiger partial charge in [-0.1, -0.05) is 336 Å². The Morgan fingerprint density at radius 3 is 0.731 bits per heavy atom. The maximum atomic E-state index is 13.1. The Bertz CT molecular complexity index is 1790. The quantitative estimate of drug-likeness (QED) is 0.0222. The summed E-state index contributed by atoms with van der Waals surface area (Å²) in [4.78, 5) is 72.6. The first kappa shape index (κ1) is 91.1. The zero-order chi connectivity index (χ0) is 68.4. The number of rotatable bonds is 74. The molecule has 0 aromatic rings. The third-order valence-corrected chi connectivity index (χ3v) is 19.2. The van der Waals surface area contributed by atoms with Crippen molar-refractivity contribution in [2.75, 3.05) is 39.6 Å². The molecule has 0 aromatic heterocycles. The fraction of sp³-hybridized carbons (Fsp3) is 0.946. The molecular formula is C74H144O17P2. The van der Waals surface area contributed by atoms with Gasteiger partial charge in [0.15, 0.2) is 12.2 Å². The van der Waals surface area contributed by atoms with E-state index in [1.807, 2.05) is 0 Å². The van der Waals surface area contributed by atoms with Crippen LogP contribution in [0.1, 0.15) is 388 Å². The summed E-state index contributed by atoms with van der Waals surface area (Å²) in [5.41, 5.74) is 0. The summed E-state index contributed by atoms with van der Waals surface area (Å²) in [7, 11) is -9.90. The molecule has 0 heterocycles. The first-order chi connectivity index (χ1) is 45.0. The Hall–Kier alpha value is -1.94. The van der Waals surface area contributed by atoms with Crippen molar-refractivity contribution >= 4 is 39.5 Å². The van der Waals surface area contributed by atoms with Gasteiger partial charge < -0.3 is 33.8 Å². The molecule has 0 aliphatic rings. The molecule has 93 heavy (non-hydrogen) atoms. The van der Waals surface area contributed by atoms with E-state index in [9.17, 15) is 43.2 Å². The summed E-state index contributed by atoms with van der Waals surface area (Å²) in [5, 5.41) is 10.6. The van der Waals surface area contributed by atoms with Crippen LogP contribution in [-0.2, 0) is 65.4 Å². The smallest absolute Gasteiger partial charge is 0.462 e. The molecule has 0 spiro atoms. The van der Waals surface area contributed by atoms with Gasteiger partial charge in [0.2, 0.25) is 0 Å². The molecule has 0 radical (unpaired) electrons. The van der Waals surface area contributed by atoms with E-state index in [0.717, 1.165) is 96.3 Å². The van der Waals surface area contributed by atoms with E-state index in [0.29, 0.717) is 31.6 Å². The maximum Gasteiger partial charge on any atom is 0.472 e. The van der Waals surface area contributed by atoms with Crippen molar-refractivity contribution in [2.24, 2.45) is 5.92 Å². The van der Waals surface area contributed by atoms with Gasteiger partial charge in [0, 0.05) is 25.7 Å². The lowest BCUT2D eigenvalue weighted by Crippen LogP contribution is -2.30. The van der Waals surface area contributed by atoms with Crippen molar-refractivity contribution in [3.63, 3.8) is 0 Å². The standard InChI is InChI=1S/C74H144O17P2/c1-6-9-12-15-18-21-24-26-28-30-31-33-35-37-40-43-50-55-60-74(79)90-69(63-84-71(76)57-52-47-41-39-36-34-32-29-27-25-22-19-16-13-10-7-2)65-88-92(80,81)86-61-68(75)62-87-93(82,83)89-66-70(64-85-72(77)58-53-48-45-44-46-51-56-67(4)5)91-73(78)59-54-49-42-38-23-20-17-14-11-8-3/h67-70,75H,6-66H2,1-5H3,(H,80,81)(H,82,83)/t68-,69-,70-/m1/s1. The van der Waals surface area contributed by atoms with Gasteiger partial charge in [0.25, 0.3) is 0 Å². The van der Waals surface area contributed by atoms with Crippen LogP contribution in [0.4, 0.5) is 0 Å². The van der Waals surface area contributed by atoms with Gasteiger partial charge in [-0.15, -0.1) is 0 Å². The summed E-state index contributed by atoms with van der Waals surface area (Å²) >= 11 is 0. The molecule has 3 N–H and O–H groups in total. The molecule has 0 aliphatic heterocycles. The van der Waals surface area contributed by atoms with Crippen LogP contribution in [0.5, 0.6) is 0 Å². The number of esters is 4. The Kier molecular flexibility index (Phi) is 65.9. The van der Waals surface area contributed by atoms with Gasteiger partial charge in [-0.3, -0.25) is 37.3 Å². The van der Waals surface area contributed by atoms with Crippen molar-refractivity contribution in [3.05, 3.63) is 0 Å². The van der Waals surface area contributed by atoms with Crippen LogP contribution >= 0.6 is 15.6 Å². The first-order valence-electron chi connectivity index (χ1n) is 38.6. The van der Waals surface area contributed by atoms with Crippen LogP contribution in [0.2, 0.25) is 0 Å². The lowest BCUT2D eigenvalue weighted by atomic mass is 10.0. The highest BCUT2D eigenvalue weighted by atomic mass is 31.2. The molecule has 0 aliphatic carbocycles. The molecule has 0 aromatic carbocycles. The van der Waals surface area contributed by atoms with Crippen LogP contribution in [0.15, 0.2) is 0 Å².